The Morgan fingerprint density at radius 3 is 1.20 bits per heavy atom. The van der Waals surface area contributed by atoms with E-state index in [1.54, 1.807) is 29.0 Å². The highest BCUT2D eigenvalue weighted by Crippen LogP contribution is 2.43. The second kappa shape index (κ2) is 33.4. The lowest BCUT2D eigenvalue weighted by molar-refractivity contribution is -0.136. The molecule has 9 aromatic carbocycles. The molecule has 7 amide bonds. The van der Waals surface area contributed by atoms with E-state index in [1.807, 2.05) is 130 Å². The number of aromatic nitrogens is 8. The number of rotatable bonds is 19. The molecule has 4 aliphatic rings. The number of imidazole rings is 4. The number of likely N-dealkylation sites (tertiary alicyclic amines) is 4. The molecule has 634 valence electrons. The van der Waals surface area contributed by atoms with Crippen LogP contribution in [0.5, 0.6) is 0 Å². The highest BCUT2D eigenvalue weighted by molar-refractivity contribution is 6.10. The van der Waals surface area contributed by atoms with Gasteiger partial charge in [-0.25, -0.2) is 38.7 Å². The van der Waals surface area contributed by atoms with Gasteiger partial charge in [-0.05, 0) is 150 Å². The van der Waals surface area contributed by atoms with Gasteiger partial charge in [0.1, 0.15) is 53.3 Å². The summed E-state index contributed by atoms with van der Waals surface area (Å²) >= 11 is 0. The molecule has 17 rings (SSSR count). The van der Waals surface area contributed by atoms with Gasteiger partial charge < -0.3 is 80.2 Å². The lowest BCUT2D eigenvalue weighted by atomic mass is 9.97. The van der Waals surface area contributed by atoms with Crippen LogP contribution in [0.1, 0.15) is 158 Å². The van der Waals surface area contributed by atoms with Gasteiger partial charge in [0, 0.05) is 84.5 Å². The smallest absolute Gasteiger partial charge is 0.407 e. The first-order valence-electron chi connectivity index (χ1n) is 40.9. The van der Waals surface area contributed by atoms with E-state index in [2.05, 4.69) is 90.5 Å². The molecule has 0 saturated carbocycles. The summed E-state index contributed by atoms with van der Waals surface area (Å²) in [7, 11) is 5.54. The van der Waals surface area contributed by atoms with Gasteiger partial charge in [0.25, 0.3) is 0 Å². The molecule has 0 spiro atoms. The summed E-state index contributed by atoms with van der Waals surface area (Å²) in [5.74, 6) is 1.56. The molecule has 9 atom stereocenters. The van der Waals surface area contributed by atoms with E-state index < -0.39 is 42.4 Å². The van der Waals surface area contributed by atoms with E-state index in [1.165, 1.54) is 21.3 Å². The second-order valence-corrected chi connectivity index (χ2v) is 32.8. The molecule has 4 saturated heterocycles. The molecule has 0 aliphatic carbocycles. The third kappa shape index (κ3) is 15.4. The maximum Gasteiger partial charge on any atom is 0.407 e. The molecule has 0 bridgehead atoms. The average Bonchev–Trinajstić information content (AvgIpc) is 1.59. The minimum Gasteiger partial charge on any atom is -0.453 e. The van der Waals surface area contributed by atoms with E-state index >= 15 is 4.39 Å². The molecule has 9 N–H and O–H groups in total. The summed E-state index contributed by atoms with van der Waals surface area (Å²) in [5, 5.41) is 15.1. The number of nitrogens with two attached hydrogens (primary N) is 1. The number of H-pyrrole nitrogens is 4. The number of ether oxygens (including phenoxy) is 4. The molecule has 27 nitrogen and oxygen atoms in total. The Labute approximate surface area is 699 Å². The van der Waals surface area contributed by atoms with Crippen LogP contribution in [0.3, 0.4) is 0 Å². The third-order valence-electron chi connectivity index (χ3n) is 24.2. The Morgan fingerprint density at radius 2 is 0.807 bits per heavy atom. The maximum atomic E-state index is 16.6. The number of hydrogen-bond donors (Lipinski definition) is 8. The quantitative estimate of drug-likeness (QED) is 0.0349. The van der Waals surface area contributed by atoms with E-state index in [0.717, 1.165) is 138 Å². The highest BCUT2D eigenvalue weighted by Gasteiger charge is 2.43. The molecule has 0 unspecified atom stereocenters. The monoisotopic (exact) mass is 1630 g/mol. The van der Waals surface area contributed by atoms with Crippen LogP contribution in [0.4, 0.5) is 18.8 Å². The van der Waals surface area contributed by atoms with E-state index in [0.29, 0.717) is 78.3 Å². The summed E-state index contributed by atoms with van der Waals surface area (Å²) in [6.07, 6.45) is 3.45. The van der Waals surface area contributed by atoms with Crippen molar-refractivity contribution in [1.29, 1.82) is 0 Å². The van der Waals surface area contributed by atoms with Crippen LogP contribution in [0.15, 0.2) is 146 Å². The van der Waals surface area contributed by atoms with Crippen molar-refractivity contribution in [2.45, 2.75) is 135 Å². The average molecular weight is 1630 g/mol. The molecule has 0 radical (unpaired) electrons. The van der Waals surface area contributed by atoms with Crippen LogP contribution in [-0.4, -0.2) is 181 Å². The number of aromatic amines is 4. The van der Waals surface area contributed by atoms with Crippen molar-refractivity contribution < 1.29 is 69.7 Å². The zero-order valence-electron chi connectivity index (χ0n) is 68.3. The number of carbonyl (C=O) groups excluding carboxylic acids is 7. The van der Waals surface area contributed by atoms with Gasteiger partial charge in [-0.3, -0.25) is 19.2 Å². The summed E-state index contributed by atoms with van der Waals surface area (Å²) < 4.78 is 36.4. The van der Waals surface area contributed by atoms with Crippen LogP contribution in [0.25, 0.3) is 109 Å². The molecule has 28 heteroatoms. The van der Waals surface area contributed by atoms with Crippen molar-refractivity contribution in [3.63, 3.8) is 0 Å². The molecule has 4 aromatic heterocycles. The van der Waals surface area contributed by atoms with Crippen LogP contribution in [-0.2, 0) is 38.1 Å². The predicted molar refractivity (Wildman–Crippen MR) is 473 cm³/mol. The van der Waals surface area contributed by atoms with Gasteiger partial charge in [0.05, 0.1) is 96.2 Å². The first kappa shape index (κ1) is 80.2. The number of nitrogens with one attached hydrogen (secondary N) is 7. The molecule has 119 heavy (non-hydrogen) atoms. The lowest BCUT2D eigenvalue weighted by Gasteiger charge is -2.29. The minimum atomic E-state index is -0.765. The number of fused-ring (bicyclic) bond motifs is 12. The van der Waals surface area contributed by atoms with Gasteiger partial charge in [0.15, 0.2) is 0 Å². The second-order valence-electron chi connectivity index (χ2n) is 32.8. The summed E-state index contributed by atoms with van der Waals surface area (Å²) in [6.45, 7) is 14.1. The largest absolute Gasteiger partial charge is 0.453 e. The topological polar surface area (TPSA) is 346 Å². The third-order valence-corrected chi connectivity index (χ3v) is 24.2. The number of nitrogens with zero attached hydrogens (tertiary/aromatic N) is 8. The minimum absolute atomic E-state index is 0. The van der Waals surface area contributed by atoms with Crippen molar-refractivity contribution in [2.75, 3.05) is 61.2 Å². The Morgan fingerprint density at radius 1 is 0.445 bits per heavy atom. The number of halogens is 1. The van der Waals surface area contributed by atoms with Gasteiger partial charge in [-0.1, -0.05) is 139 Å². The summed E-state index contributed by atoms with van der Waals surface area (Å²) in [4.78, 5) is 133. The van der Waals surface area contributed by atoms with E-state index in [4.69, 9.17) is 44.6 Å². The first-order valence-corrected chi connectivity index (χ1v) is 40.9. The van der Waals surface area contributed by atoms with Crippen LogP contribution in [0.2, 0.25) is 0 Å². The van der Waals surface area contributed by atoms with E-state index in [9.17, 15) is 33.6 Å². The van der Waals surface area contributed by atoms with Gasteiger partial charge in [-0.2, -0.15) is 0 Å². The standard InChI is InChI=1S/C47H50N8O5.C44H49FN8O6.9H2/c1-26(2)40(53-47(58)60-4)46(57)54-20-8-11-37(54)43-49-35-18-14-31-22-29(12-16-33(31)41(35)51-43)30-13-17-34-32(23-30)15-19-36-42(34)52-44(50-36)38-21-27(25-59-3)24-55(38)45(56)39(48)28-9-6-5-7-10-28;1-22(2)35(50-43(56)58-5)41(54)52-19-7-9-32(52)39-46-30-17-12-25-21-24(11-13-27(25)37(30)48-39)26-14-15-29-28(34(26)45)16-18-31-38(29)49-40(47-31)33-10-8-20-53(33)42(55)36(23(3)4)51-44(57)59-6;;;;;;;;;/h5-7,9-10,12-19,22-23,26-27,37-40H,8,11,20-21,24-25,48H2,1-4H3,(H,49,51)(H,50,52)(H,53,58);11-18,21-23,32-33,35-36H,7-10,19-20H2,1-6H3,(H,46,48)(H,47,49)(H,50,56)(H,51,57);9*1H/t27-,37-,38-,39+,40-;32-,33-,35-,36-;;;;;;;;;/m00........./s1. The fraction of sp³-hybridized carbons (Fsp3) is 0.374. The van der Waals surface area contributed by atoms with Gasteiger partial charge in [0.2, 0.25) is 23.6 Å². The number of alkyl carbamates (subject to hydrolysis) is 3. The van der Waals surface area contributed by atoms with Crippen molar-refractivity contribution in [1.82, 2.24) is 75.4 Å². The summed E-state index contributed by atoms with van der Waals surface area (Å²) in [5.41, 5.74) is 17.1. The summed E-state index contributed by atoms with van der Waals surface area (Å²) in [6, 6.07) is 43.7. The van der Waals surface area contributed by atoms with Gasteiger partial charge in [-0.15, -0.1) is 0 Å². The number of benzene rings is 9. The normalized spacial score (nSPS) is 18.6. The highest BCUT2D eigenvalue weighted by atomic mass is 19.1. The van der Waals surface area contributed by atoms with Crippen LogP contribution < -0.4 is 21.7 Å². The number of methoxy groups -OCH3 is 4. The maximum absolute atomic E-state index is 16.6. The Balaban J connectivity index is 0.000000328. The van der Waals surface area contributed by atoms with Crippen LogP contribution in [0, 0.1) is 29.5 Å². The zero-order chi connectivity index (χ0) is 83.4. The molecule has 13 aromatic rings. The lowest BCUT2D eigenvalue weighted by Crippen LogP contribution is -2.51. The Hall–Kier alpha value is -12.6. The fourth-order valence-electron chi connectivity index (χ4n) is 18.0. The SMILES string of the molecule is COC(=O)N[C@H](C(=O)N1CCC[C@H]1c1nc2c(ccc3cc(-c4ccc5c(ccc6[nH]c([C@@H]7CCCN7C(=O)[C@@H](NC(=O)OC)C(C)C)nc65)c4F)ccc32)[nH]1)C(C)C.COC[C@H]1C[C@@H](c2nc3c(ccc4cc(-c5ccc6c(ccc7[nH]c([C@@H]8CCCN8C(=O)[C@@H](NC(=O)OC)C(C)C)nc76)c5)ccc43)[nH]2)N(C(=O)[C@H](N)c2ccccc2)C1.[HH].[HH].[HH].[HH].[HH].[HH].[HH].[HH].[HH]. The molecular formula is C91H117FN16O11. The molecule has 4 aliphatic heterocycles. The van der Waals surface area contributed by atoms with Crippen molar-refractivity contribution in [3.05, 3.63) is 180 Å². The number of hydrogen-bond acceptors (Lipinski definition) is 16. The van der Waals surface area contributed by atoms with Crippen molar-refractivity contribution in [2.24, 2.45) is 29.4 Å². The van der Waals surface area contributed by atoms with E-state index in [-0.39, 0.29) is 90.1 Å². The number of amides is 7. The Kier molecular flexibility index (Phi) is 22.6. The van der Waals surface area contributed by atoms with Crippen molar-refractivity contribution >= 4 is 129 Å². The van der Waals surface area contributed by atoms with Gasteiger partial charge >= 0.3 is 18.3 Å². The zero-order valence-corrected chi connectivity index (χ0v) is 68.3. The first-order chi connectivity index (χ1) is 57.5. The van der Waals surface area contributed by atoms with Crippen LogP contribution >= 0.6 is 0 Å². The fourth-order valence-corrected chi connectivity index (χ4v) is 18.0. The molecular weight excluding hydrogens is 1510 g/mol. The Bertz CT molecular complexity index is 6140. The number of carbonyl (C=O) groups is 7. The molecule has 8 heterocycles. The predicted octanol–water partition coefficient (Wildman–Crippen LogP) is 17.5. The molecule has 4 fully saturated rings. The van der Waals surface area contributed by atoms with Crippen molar-refractivity contribution in [3.8, 4) is 22.3 Å².